The van der Waals surface area contributed by atoms with Gasteiger partial charge in [-0.15, -0.1) is 0 Å². The number of halogens is 2. The molecular formula is C13H18BrClN2O2S. The fourth-order valence-electron chi connectivity index (χ4n) is 2.51. The predicted octanol–water partition coefficient (Wildman–Crippen LogP) is 2.72. The molecule has 0 aromatic heterocycles. The minimum absolute atomic E-state index is 0.179. The highest BCUT2D eigenvalue weighted by Gasteiger charge is 2.31. The van der Waals surface area contributed by atoms with Crippen molar-refractivity contribution in [3.8, 4) is 0 Å². The van der Waals surface area contributed by atoms with Gasteiger partial charge in [-0.2, -0.15) is 4.31 Å². The monoisotopic (exact) mass is 380 g/mol. The van der Waals surface area contributed by atoms with E-state index in [1.807, 2.05) is 7.05 Å². The van der Waals surface area contributed by atoms with Crippen molar-refractivity contribution in [2.45, 2.75) is 17.7 Å². The van der Waals surface area contributed by atoms with E-state index in [-0.39, 0.29) is 9.92 Å². The zero-order chi connectivity index (χ0) is 14.8. The number of rotatable bonds is 4. The van der Waals surface area contributed by atoms with Crippen molar-refractivity contribution < 1.29 is 8.42 Å². The molecule has 1 aromatic carbocycles. The summed E-state index contributed by atoms with van der Waals surface area (Å²) < 4.78 is 27.7. The van der Waals surface area contributed by atoms with Crippen LogP contribution < -0.4 is 5.32 Å². The molecule has 1 fully saturated rings. The Hall–Kier alpha value is -0.140. The standard InChI is InChI=1S/C13H18BrClN2O2S/c1-16-8-10-3-2-6-17(9-10)20(18,19)13-7-11(14)4-5-12(13)15/h4-5,7,10,16H,2-3,6,8-9H2,1H3/t10-/m0/s1. The van der Waals surface area contributed by atoms with E-state index in [4.69, 9.17) is 11.6 Å². The molecule has 7 heteroatoms. The molecule has 4 nitrogen and oxygen atoms in total. The van der Waals surface area contributed by atoms with Gasteiger partial charge in [0.2, 0.25) is 10.0 Å². The van der Waals surface area contributed by atoms with E-state index in [0.29, 0.717) is 23.5 Å². The Morgan fingerprint density at radius 3 is 2.95 bits per heavy atom. The first kappa shape index (κ1) is 16.2. The van der Waals surface area contributed by atoms with Crippen molar-refractivity contribution >= 4 is 37.6 Å². The summed E-state index contributed by atoms with van der Waals surface area (Å²) in [7, 11) is -1.64. The molecule has 1 saturated heterocycles. The van der Waals surface area contributed by atoms with Crippen LogP contribution in [-0.4, -0.2) is 39.4 Å². The van der Waals surface area contributed by atoms with E-state index in [2.05, 4.69) is 21.2 Å². The second-order valence-corrected chi connectivity index (χ2v) is 8.23. The molecule has 1 atom stereocenters. The first-order valence-electron chi connectivity index (χ1n) is 6.55. The Labute approximate surface area is 133 Å². The van der Waals surface area contributed by atoms with Crippen LogP contribution in [-0.2, 0) is 10.0 Å². The summed E-state index contributed by atoms with van der Waals surface area (Å²) in [6.07, 6.45) is 1.94. The number of hydrogen-bond donors (Lipinski definition) is 1. The Balaban J connectivity index is 2.27. The van der Waals surface area contributed by atoms with Gasteiger partial charge in [-0.25, -0.2) is 8.42 Å². The highest BCUT2D eigenvalue weighted by atomic mass is 79.9. The Kier molecular flexibility index (Phi) is 5.48. The molecule has 1 aliphatic rings. The summed E-state index contributed by atoms with van der Waals surface area (Å²) in [6, 6.07) is 4.91. The second kappa shape index (κ2) is 6.75. The molecule has 0 bridgehead atoms. The minimum Gasteiger partial charge on any atom is -0.319 e. The van der Waals surface area contributed by atoms with Gasteiger partial charge in [0.1, 0.15) is 4.90 Å². The molecule has 1 aromatic rings. The van der Waals surface area contributed by atoms with Crippen molar-refractivity contribution in [2.24, 2.45) is 5.92 Å². The third-order valence-electron chi connectivity index (χ3n) is 3.49. The molecule has 1 heterocycles. The second-order valence-electron chi connectivity index (χ2n) is 5.00. The lowest BCUT2D eigenvalue weighted by Crippen LogP contribution is -2.42. The molecule has 0 unspecified atom stereocenters. The van der Waals surface area contributed by atoms with E-state index in [1.165, 1.54) is 0 Å². The number of sulfonamides is 1. The summed E-state index contributed by atoms with van der Waals surface area (Å²) in [5, 5.41) is 3.38. The van der Waals surface area contributed by atoms with Crippen LogP contribution in [0.5, 0.6) is 0 Å². The van der Waals surface area contributed by atoms with E-state index < -0.39 is 10.0 Å². The van der Waals surface area contributed by atoms with Crippen molar-refractivity contribution in [3.05, 3.63) is 27.7 Å². The Morgan fingerprint density at radius 2 is 2.25 bits per heavy atom. The van der Waals surface area contributed by atoms with Gasteiger partial charge in [-0.05, 0) is 50.6 Å². The number of nitrogens with one attached hydrogen (secondary N) is 1. The summed E-state index contributed by atoms with van der Waals surface area (Å²) in [5.41, 5.74) is 0. The fourth-order valence-corrected chi connectivity index (χ4v) is 5.08. The summed E-state index contributed by atoms with van der Waals surface area (Å²) in [5.74, 6) is 0.356. The van der Waals surface area contributed by atoms with Gasteiger partial charge < -0.3 is 5.32 Å². The number of nitrogens with zero attached hydrogens (tertiary/aromatic N) is 1. The smallest absolute Gasteiger partial charge is 0.244 e. The Bertz CT molecular complexity index is 578. The van der Waals surface area contributed by atoms with E-state index in [9.17, 15) is 8.42 Å². The Morgan fingerprint density at radius 1 is 1.50 bits per heavy atom. The zero-order valence-electron chi connectivity index (χ0n) is 11.3. The zero-order valence-corrected chi connectivity index (χ0v) is 14.4. The lowest BCUT2D eigenvalue weighted by Gasteiger charge is -2.32. The fraction of sp³-hybridized carbons (Fsp3) is 0.538. The average Bonchev–Trinajstić information content (AvgIpc) is 2.42. The van der Waals surface area contributed by atoms with Crippen LogP contribution in [0.1, 0.15) is 12.8 Å². The maximum atomic E-state index is 12.7. The molecule has 0 radical (unpaired) electrons. The number of piperidine rings is 1. The third-order valence-corrected chi connectivity index (χ3v) is 6.33. The van der Waals surface area contributed by atoms with Crippen LogP contribution >= 0.6 is 27.5 Å². The highest BCUT2D eigenvalue weighted by Crippen LogP contribution is 2.30. The molecule has 20 heavy (non-hydrogen) atoms. The molecule has 112 valence electrons. The molecule has 0 saturated carbocycles. The first-order chi connectivity index (χ1) is 9.45. The van der Waals surface area contributed by atoms with Crippen molar-refractivity contribution in [1.29, 1.82) is 0 Å². The summed E-state index contributed by atoms with van der Waals surface area (Å²) >= 11 is 9.36. The van der Waals surface area contributed by atoms with Gasteiger partial charge in [0.05, 0.1) is 5.02 Å². The van der Waals surface area contributed by atoms with Crippen LogP contribution in [0, 0.1) is 5.92 Å². The van der Waals surface area contributed by atoms with Gasteiger partial charge in [0.25, 0.3) is 0 Å². The first-order valence-corrected chi connectivity index (χ1v) is 9.16. The molecule has 0 spiro atoms. The van der Waals surface area contributed by atoms with Crippen LogP contribution in [0.4, 0.5) is 0 Å². The SMILES string of the molecule is CNC[C@@H]1CCCN(S(=O)(=O)c2cc(Br)ccc2Cl)C1. The van der Waals surface area contributed by atoms with Gasteiger partial charge in [0, 0.05) is 17.6 Å². The van der Waals surface area contributed by atoms with Crippen molar-refractivity contribution in [1.82, 2.24) is 9.62 Å². The molecule has 2 rings (SSSR count). The van der Waals surface area contributed by atoms with E-state index >= 15 is 0 Å². The predicted molar refractivity (Wildman–Crippen MR) is 84.6 cm³/mol. The molecule has 0 amide bonds. The van der Waals surface area contributed by atoms with Gasteiger partial charge >= 0.3 is 0 Å². The molecule has 0 aliphatic carbocycles. The van der Waals surface area contributed by atoms with Crippen molar-refractivity contribution in [3.63, 3.8) is 0 Å². The largest absolute Gasteiger partial charge is 0.319 e. The lowest BCUT2D eigenvalue weighted by atomic mass is 10.00. The maximum Gasteiger partial charge on any atom is 0.244 e. The summed E-state index contributed by atoms with van der Waals surface area (Å²) in [4.78, 5) is 0.179. The van der Waals surface area contributed by atoms with E-state index in [1.54, 1.807) is 22.5 Å². The van der Waals surface area contributed by atoms with Crippen LogP contribution in [0.3, 0.4) is 0 Å². The van der Waals surface area contributed by atoms with Gasteiger partial charge in [0.15, 0.2) is 0 Å². The maximum absolute atomic E-state index is 12.7. The summed E-state index contributed by atoms with van der Waals surface area (Å²) in [6.45, 7) is 1.94. The minimum atomic E-state index is -3.52. The molecule has 1 N–H and O–H groups in total. The topological polar surface area (TPSA) is 49.4 Å². The lowest BCUT2D eigenvalue weighted by molar-refractivity contribution is 0.263. The quantitative estimate of drug-likeness (QED) is 0.872. The third kappa shape index (κ3) is 3.54. The van der Waals surface area contributed by atoms with Crippen LogP contribution in [0.25, 0.3) is 0 Å². The van der Waals surface area contributed by atoms with Gasteiger partial charge in [-0.3, -0.25) is 0 Å². The van der Waals surface area contributed by atoms with E-state index in [0.717, 1.165) is 19.4 Å². The van der Waals surface area contributed by atoms with Gasteiger partial charge in [-0.1, -0.05) is 27.5 Å². The van der Waals surface area contributed by atoms with Crippen LogP contribution in [0.2, 0.25) is 5.02 Å². The van der Waals surface area contributed by atoms with Crippen molar-refractivity contribution in [2.75, 3.05) is 26.7 Å². The highest BCUT2D eigenvalue weighted by molar-refractivity contribution is 9.10. The average molecular weight is 382 g/mol. The number of benzene rings is 1. The van der Waals surface area contributed by atoms with Crippen LogP contribution in [0.15, 0.2) is 27.6 Å². The molecular weight excluding hydrogens is 364 g/mol. The number of hydrogen-bond acceptors (Lipinski definition) is 3. The molecule has 1 aliphatic heterocycles. The normalized spacial score (nSPS) is 21.1.